The Balaban J connectivity index is 1.36. The van der Waals surface area contributed by atoms with Crippen molar-refractivity contribution < 1.29 is 19.1 Å². The number of carbonyl (C=O) groups is 3. The van der Waals surface area contributed by atoms with Gasteiger partial charge in [-0.25, -0.2) is 0 Å². The van der Waals surface area contributed by atoms with Crippen molar-refractivity contribution in [3.63, 3.8) is 0 Å². The summed E-state index contributed by atoms with van der Waals surface area (Å²) >= 11 is 0. The standard InChI is InChI=1S/C27H32N4O4/c1-35-23-12-6-5-11-22(23)25(33)29-17-13-27(14-18-29)26(34)30(19-24(32)28-15-7-8-16-28)20-31(27)21-9-3-2-4-10-21/h2-6,9-12H,7-8,13-20H2,1H3. The number of likely N-dealkylation sites (tertiary alicyclic amines) is 2. The number of nitrogens with zero attached hydrogens (tertiary/aromatic N) is 4. The molecule has 0 unspecified atom stereocenters. The van der Waals surface area contributed by atoms with Crippen molar-refractivity contribution in [1.29, 1.82) is 0 Å². The minimum absolute atomic E-state index is 0.0155. The van der Waals surface area contributed by atoms with Crippen molar-refractivity contribution >= 4 is 23.4 Å². The maximum absolute atomic E-state index is 13.9. The van der Waals surface area contributed by atoms with Gasteiger partial charge >= 0.3 is 0 Å². The molecule has 184 valence electrons. The molecule has 0 radical (unpaired) electrons. The van der Waals surface area contributed by atoms with Crippen molar-refractivity contribution in [2.45, 2.75) is 31.2 Å². The van der Waals surface area contributed by atoms with Gasteiger partial charge in [0.15, 0.2) is 0 Å². The molecule has 5 rings (SSSR count). The van der Waals surface area contributed by atoms with Crippen molar-refractivity contribution in [3.05, 3.63) is 60.2 Å². The number of anilines is 1. The molecule has 1 spiro atoms. The second-order valence-corrected chi connectivity index (χ2v) is 9.52. The van der Waals surface area contributed by atoms with Crippen LogP contribution in [0, 0.1) is 0 Å². The molecular formula is C27H32N4O4. The van der Waals surface area contributed by atoms with E-state index < -0.39 is 5.54 Å². The summed E-state index contributed by atoms with van der Waals surface area (Å²) in [5, 5.41) is 0. The summed E-state index contributed by atoms with van der Waals surface area (Å²) in [6, 6.07) is 17.1. The van der Waals surface area contributed by atoms with Crippen LogP contribution >= 0.6 is 0 Å². The molecule has 3 heterocycles. The molecule has 8 nitrogen and oxygen atoms in total. The number of para-hydroxylation sites is 2. The van der Waals surface area contributed by atoms with Gasteiger partial charge in [-0.2, -0.15) is 0 Å². The van der Waals surface area contributed by atoms with Gasteiger partial charge in [-0.1, -0.05) is 30.3 Å². The fourth-order valence-electron chi connectivity index (χ4n) is 5.62. The Bertz CT molecular complexity index is 1090. The van der Waals surface area contributed by atoms with Crippen molar-refractivity contribution in [2.24, 2.45) is 0 Å². The van der Waals surface area contributed by atoms with Gasteiger partial charge in [0, 0.05) is 31.9 Å². The highest BCUT2D eigenvalue weighted by Gasteiger charge is 2.54. The SMILES string of the molecule is COc1ccccc1C(=O)N1CCC2(CC1)C(=O)N(CC(=O)N1CCCC1)CN2c1ccccc1. The molecule has 3 aliphatic heterocycles. The van der Waals surface area contributed by atoms with E-state index in [1.165, 1.54) is 0 Å². The molecule has 8 heteroatoms. The summed E-state index contributed by atoms with van der Waals surface area (Å²) in [7, 11) is 1.56. The second kappa shape index (κ2) is 9.60. The Morgan fingerprint density at radius 3 is 2.23 bits per heavy atom. The summed E-state index contributed by atoms with van der Waals surface area (Å²) < 4.78 is 5.38. The first-order chi connectivity index (χ1) is 17.0. The highest BCUT2D eigenvalue weighted by molar-refractivity contribution is 5.99. The van der Waals surface area contributed by atoms with Crippen LogP contribution in [0.1, 0.15) is 36.0 Å². The number of hydrogen-bond acceptors (Lipinski definition) is 5. The number of carbonyl (C=O) groups excluding carboxylic acids is 3. The smallest absolute Gasteiger partial charge is 0.257 e. The largest absolute Gasteiger partial charge is 0.496 e. The Morgan fingerprint density at radius 2 is 1.54 bits per heavy atom. The number of amides is 3. The fraction of sp³-hybridized carbons (Fsp3) is 0.444. The summed E-state index contributed by atoms with van der Waals surface area (Å²) in [6.45, 7) is 2.94. The van der Waals surface area contributed by atoms with Crippen LogP contribution in [-0.2, 0) is 9.59 Å². The van der Waals surface area contributed by atoms with E-state index in [9.17, 15) is 14.4 Å². The molecule has 0 atom stereocenters. The predicted octanol–water partition coefficient (Wildman–Crippen LogP) is 2.60. The van der Waals surface area contributed by atoms with Crippen molar-refractivity contribution in [2.75, 3.05) is 51.4 Å². The van der Waals surface area contributed by atoms with Gasteiger partial charge in [0.25, 0.3) is 11.8 Å². The minimum Gasteiger partial charge on any atom is -0.496 e. The molecule has 3 saturated heterocycles. The van der Waals surface area contributed by atoms with Crippen LogP contribution in [0.25, 0.3) is 0 Å². The minimum atomic E-state index is -0.760. The number of benzene rings is 2. The molecule has 2 aromatic rings. The van der Waals surface area contributed by atoms with E-state index in [4.69, 9.17) is 4.74 Å². The molecule has 0 N–H and O–H groups in total. The van der Waals surface area contributed by atoms with Gasteiger partial charge in [-0.3, -0.25) is 14.4 Å². The molecule has 35 heavy (non-hydrogen) atoms. The molecule has 0 bridgehead atoms. The zero-order chi connectivity index (χ0) is 24.4. The van der Waals surface area contributed by atoms with Gasteiger partial charge in [0.05, 0.1) is 19.3 Å². The average Bonchev–Trinajstić information content (AvgIpc) is 3.53. The Hall–Kier alpha value is -3.55. The lowest BCUT2D eigenvalue weighted by Gasteiger charge is -2.43. The summed E-state index contributed by atoms with van der Waals surface area (Å²) in [6.07, 6.45) is 3.07. The Labute approximate surface area is 206 Å². The topological polar surface area (TPSA) is 73.4 Å². The van der Waals surface area contributed by atoms with Crippen molar-refractivity contribution in [1.82, 2.24) is 14.7 Å². The van der Waals surface area contributed by atoms with Crippen LogP contribution in [-0.4, -0.2) is 84.5 Å². The summed E-state index contributed by atoms with van der Waals surface area (Å²) in [4.78, 5) is 47.5. The molecule has 3 fully saturated rings. The van der Waals surface area contributed by atoms with Crippen LogP contribution in [0.2, 0.25) is 0 Å². The summed E-state index contributed by atoms with van der Waals surface area (Å²) in [5.41, 5.74) is 0.729. The third-order valence-corrected chi connectivity index (χ3v) is 7.58. The maximum Gasteiger partial charge on any atom is 0.257 e. The summed E-state index contributed by atoms with van der Waals surface area (Å²) in [5.74, 6) is 0.463. The zero-order valence-electron chi connectivity index (χ0n) is 20.2. The van der Waals surface area contributed by atoms with Crippen LogP contribution in [0.5, 0.6) is 5.75 Å². The molecular weight excluding hydrogens is 444 g/mol. The monoisotopic (exact) mass is 476 g/mol. The molecule has 0 aliphatic carbocycles. The van der Waals surface area contributed by atoms with Crippen LogP contribution < -0.4 is 9.64 Å². The van der Waals surface area contributed by atoms with Gasteiger partial charge in [-0.15, -0.1) is 0 Å². The average molecular weight is 477 g/mol. The first kappa shape index (κ1) is 23.2. The lowest BCUT2D eigenvalue weighted by Crippen LogP contribution is -2.57. The van der Waals surface area contributed by atoms with E-state index >= 15 is 0 Å². The first-order valence-electron chi connectivity index (χ1n) is 12.4. The van der Waals surface area contributed by atoms with E-state index in [0.717, 1.165) is 31.6 Å². The first-order valence-corrected chi connectivity index (χ1v) is 12.4. The lowest BCUT2D eigenvalue weighted by atomic mass is 9.85. The van der Waals surface area contributed by atoms with E-state index in [-0.39, 0.29) is 24.3 Å². The van der Waals surface area contributed by atoms with Gasteiger partial charge in [-0.05, 0) is 49.9 Å². The maximum atomic E-state index is 13.9. The van der Waals surface area contributed by atoms with E-state index in [1.807, 2.05) is 47.4 Å². The van der Waals surface area contributed by atoms with Crippen LogP contribution in [0.4, 0.5) is 5.69 Å². The predicted molar refractivity (Wildman–Crippen MR) is 132 cm³/mol. The zero-order valence-corrected chi connectivity index (χ0v) is 20.2. The third kappa shape index (κ3) is 4.22. The quantitative estimate of drug-likeness (QED) is 0.663. The molecule has 0 aromatic heterocycles. The van der Waals surface area contributed by atoms with Crippen LogP contribution in [0.3, 0.4) is 0 Å². The van der Waals surface area contributed by atoms with Gasteiger partial charge in [0.1, 0.15) is 17.8 Å². The number of hydrogen-bond donors (Lipinski definition) is 0. The molecule has 3 amide bonds. The normalized spacial score (nSPS) is 19.5. The highest BCUT2D eigenvalue weighted by Crippen LogP contribution is 2.40. The number of piperidine rings is 1. The van der Waals surface area contributed by atoms with E-state index in [1.54, 1.807) is 29.0 Å². The third-order valence-electron chi connectivity index (χ3n) is 7.58. The lowest BCUT2D eigenvalue weighted by molar-refractivity contribution is -0.140. The van der Waals surface area contributed by atoms with E-state index in [2.05, 4.69) is 4.90 Å². The van der Waals surface area contributed by atoms with Crippen molar-refractivity contribution in [3.8, 4) is 5.75 Å². The number of methoxy groups -OCH3 is 1. The Morgan fingerprint density at radius 1 is 0.886 bits per heavy atom. The number of ether oxygens (including phenoxy) is 1. The van der Waals surface area contributed by atoms with Crippen LogP contribution in [0.15, 0.2) is 54.6 Å². The highest BCUT2D eigenvalue weighted by atomic mass is 16.5. The molecule has 3 aliphatic rings. The second-order valence-electron chi connectivity index (χ2n) is 9.52. The molecule has 2 aromatic carbocycles. The van der Waals surface area contributed by atoms with Gasteiger partial charge in [0.2, 0.25) is 5.91 Å². The number of rotatable bonds is 5. The Kier molecular flexibility index (Phi) is 6.36. The van der Waals surface area contributed by atoms with E-state index in [0.29, 0.717) is 43.9 Å². The van der Waals surface area contributed by atoms with Gasteiger partial charge < -0.3 is 24.3 Å². The fourth-order valence-corrected chi connectivity index (χ4v) is 5.62. The molecule has 0 saturated carbocycles.